The molecule has 2 aromatic heterocycles. The van der Waals surface area contributed by atoms with E-state index in [0.29, 0.717) is 18.3 Å². The molecule has 0 fully saturated rings. The van der Waals surface area contributed by atoms with E-state index in [4.69, 9.17) is 0 Å². The summed E-state index contributed by atoms with van der Waals surface area (Å²) in [5.41, 5.74) is 2.29. The molecule has 0 atom stereocenters. The molecule has 0 radical (unpaired) electrons. The third-order valence-corrected chi connectivity index (χ3v) is 2.89. The molecule has 2 aromatic rings. The lowest BCUT2D eigenvalue weighted by Gasteiger charge is -2.08. The molecule has 0 aliphatic carbocycles. The summed E-state index contributed by atoms with van der Waals surface area (Å²) in [5, 5.41) is 3.29. The van der Waals surface area contributed by atoms with Crippen LogP contribution in [0.3, 0.4) is 0 Å². The van der Waals surface area contributed by atoms with Crippen LogP contribution in [0.25, 0.3) is 11.5 Å². The van der Waals surface area contributed by atoms with Gasteiger partial charge in [0.2, 0.25) is 0 Å². The van der Waals surface area contributed by atoms with Crippen LogP contribution in [0.2, 0.25) is 0 Å². The fourth-order valence-corrected chi connectivity index (χ4v) is 1.93. The molecule has 0 aliphatic heterocycles. The Bertz CT molecular complexity index is 634. The van der Waals surface area contributed by atoms with Crippen molar-refractivity contribution in [2.24, 2.45) is 5.92 Å². The largest absolute Gasteiger partial charge is 0.311 e. The van der Waals surface area contributed by atoms with Crippen molar-refractivity contribution >= 4 is 0 Å². The van der Waals surface area contributed by atoms with Crippen LogP contribution in [-0.4, -0.2) is 21.5 Å². The van der Waals surface area contributed by atoms with Gasteiger partial charge in [-0.15, -0.1) is 0 Å². The molecule has 0 saturated heterocycles. The summed E-state index contributed by atoms with van der Waals surface area (Å²) in [7, 11) is 0. The minimum atomic E-state index is -0.151. The van der Waals surface area contributed by atoms with E-state index in [9.17, 15) is 4.79 Å². The highest BCUT2D eigenvalue weighted by Crippen LogP contribution is 2.14. The smallest absolute Gasteiger partial charge is 0.251 e. The summed E-state index contributed by atoms with van der Waals surface area (Å²) in [4.78, 5) is 23.3. The van der Waals surface area contributed by atoms with Crippen LogP contribution in [0.1, 0.15) is 25.1 Å². The van der Waals surface area contributed by atoms with E-state index in [2.05, 4.69) is 34.1 Å². The van der Waals surface area contributed by atoms with Crippen LogP contribution in [0.5, 0.6) is 0 Å². The van der Waals surface area contributed by atoms with Gasteiger partial charge in [0, 0.05) is 18.8 Å². The molecule has 0 aliphatic rings. The average molecular weight is 272 g/mol. The van der Waals surface area contributed by atoms with Crippen molar-refractivity contribution in [3.05, 3.63) is 46.0 Å². The molecule has 2 rings (SSSR count). The molecule has 5 nitrogen and oxygen atoms in total. The van der Waals surface area contributed by atoms with Gasteiger partial charge in [0.25, 0.3) is 5.56 Å². The average Bonchev–Trinajstić information content (AvgIpc) is 2.38. The third kappa shape index (κ3) is 3.74. The first-order valence-corrected chi connectivity index (χ1v) is 6.79. The first-order valence-electron chi connectivity index (χ1n) is 6.79. The number of aromatic nitrogens is 3. The Morgan fingerprint density at radius 2 is 2.20 bits per heavy atom. The summed E-state index contributed by atoms with van der Waals surface area (Å²) in [5.74, 6) is 1.09. The third-order valence-electron chi connectivity index (χ3n) is 2.89. The van der Waals surface area contributed by atoms with E-state index < -0.39 is 0 Å². The lowest BCUT2D eigenvalue weighted by Crippen LogP contribution is -2.21. The number of aryl methyl sites for hydroxylation is 1. The summed E-state index contributed by atoms with van der Waals surface area (Å²) in [6, 6.07) is 5.34. The Balaban J connectivity index is 2.25. The van der Waals surface area contributed by atoms with E-state index >= 15 is 0 Å². The van der Waals surface area contributed by atoms with Gasteiger partial charge < -0.3 is 10.3 Å². The van der Waals surface area contributed by atoms with Crippen LogP contribution >= 0.6 is 0 Å². The molecule has 0 saturated carbocycles. The molecule has 0 spiro atoms. The summed E-state index contributed by atoms with van der Waals surface area (Å²) < 4.78 is 0. The Kier molecular flexibility index (Phi) is 4.63. The molecule has 5 heteroatoms. The van der Waals surface area contributed by atoms with Crippen LogP contribution in [0.15, 0.2) is 29.2 Å². The van der Waals surface area contributed by atoms with Gasteiger partial charge in [0.1, 0.15) is 5.69 Å². The number of hydrogen-bond donors (Lipinski definition) is 2. The fraction of sp³-hybridized carbons (Fsp3) is 0.400. The topological polar surface area (TPSA) is 70.7 Å². The Labute approximate surface area is 118 Å². The summed E-state index contributed by atoms with van der Waals surface area (Å²) in [6.45, 7) is 7.71. The maximum absolute atomic E-state index is 11.7. The number of nitrogens with zero attached hydrogens (tertiary/aromatic N) is 2. The normalized spacial score (nSPS) is 11.0. The quantitative estimate of drug-likeness (QED) is 0.872. The van der Waals surface area contributed by atoms with Crippen molar-refractivity contribution in [3.8, 4) is 11.5 Å². The maximum Gasteiger partial charge on any atom is 0.251 e. The van der Waals surface area contributed by atoms with Crippen molar-refractivity contribution in [2.75, 3.05) is 6.54 Å². The molecule has 0 bridgehead atoms. The van der Waals surface area contributed by atoms with Crippen molar-refractivity contribution in [1.29, 1.82) is 0 Å². The van der Waals surface area contributed by atoms with Gasteiger partial charge in [0.05, 0.1) is 5.69 Å². The van der Waals surface area contributed by atoms with E-state index in [-0.39, 0.29) is 5.56 Å². The summed E-state index contributed by atoms with van der Waals surface area (Å²) >= 11 is 0. The predicted molar refractivity (Wildman–Crippen MR) is 79.4 cm³/mol. The van der Waals surface area contributed by atoms with Crippen molar-refractivity contribution in [1.82, 2.24) is 20.3 Å². The molecule has 0 aromatic carbocycles. The molecule has 2 N–H and O–H groups in total. The van der Waals surface area contributed by atoms with Crippen molar-refractivity contribution in [2.45, 2.75) is 27.3 Å². The number of H-pyrrole nitrogens is 1. The standard InChI is InChI=1S/C15H20N4O/c1-10(2)8-16-9-12-7-13(20)19-15(18-12)14-11(3)5-4-6-17-14/h4-7,10,16H,8-9H2,1-3H3,(H,18,19,20). The minimum Gasteiger partial charge on any atom is -0.311 e. The molecular formula is C15H20N4O. The molecule has 20 heavy (non-hydrogen) atoms. The van der Waals surface area contributed by atoms with E-state index in [1.807, 2.05) is 19.1 Å². The summed E-state index contributed by atoms with van der Waals surface area (Å²) in [6.07, 6.45) is 1.70. The van der Waals surface area contributed by atoms with Crippen LogP contribution in [0.4, 0.5) is 0 Å². The SMILES string of the molecule is Cc1cccnc1-c1nc(CNCC(C)C)cc(=O)[nH]1. The zero-order chi connectivity index (χ0) is 14.5. The second-order valence-corrected chi connectivity index (χ2v) is 5.28. The van der Waals surface area contributed by atoms with Crippen LogP contribution < -0.4 is 10.9 Å². The van der Waals surface area contributed by atoms with Crippen molar-refractivity contribution < 1.29 is 0 Å². The Morgan fingerprint density at radius 1 is 1.40 bits per heavy atom. The van der Waals surface area contributed by atoms with Gasteiger partial charge in [-0.25, -0.2) is 4.98 Å². The van der Waals surface area contributed by atoms with E-state index in [1.165, 1.54) is 6.07 Å². The lowest BCUT2D eigenvalue weighted by atomic mass is 10.2. The second-order valence-electron chi connectivity index (χ2n) is 5.28. The number of pyridine rings is 1. The van der Waals surface area contributed by atoms with Gasteiger partial charge in [-0.05, 0) is 31.0 Å². The zero-order valence-electron chi connectivity index (χ0n) is 12.1. The van der Waals surface area contributed by atoms with Gasteiger partial charge in [-0.3, -0.25) is 9.78 Å². The maximum atomic E-state index is 11.7. The molecule has 0 unspecified atom stereocenters. The Morgan fingerprint density at radius 3 is 2.90 bits per heavy atom. The second kappa shape index (κ2) is 6.43. The predicted octanol–water partition coefficient (Wildman–Crippen LogP) is 1.89. The first kappa shape index (κ1) is 14.4. The monoisotopic (exact) mass is 272 g/mol. The Hall–Kier alpha value is -2.01. The molecule has 0 amide bonds. The van der Waals surface area contributed by atoms with E-state index in [0.717, 1.165) is 23.5 Å². The zero-order valence-corrected chi connectivity index (χ0v) is 12.1. The van der Waals surface area contributed by atoms with Gasteiger partial charge in [0.15, 0.2) is 5.82 Å². The number of nitrogens with one attached hydrogen (secondary N) is 2. The van der Waals surface area contributed by atoms with Gasteiger partial charge in [-0.1, -0.05) is 19.9 Å². The molecule has 2 heterocycles. The highest BCUT2D eigenvalue weighted by atomic mass is 16.1. The lowest BCUT2D eigenvalue weighted by molar-refractivity contribution is 0.548. The van der Waals surface area contributed by atoms with Crippen molar-refractivity contribution in [3.63, 3.8) is 0 Å². The fourth-order valence-electron chi connectivity index (χ4n) is 1.93. The van der Waals surface area contributed by atoms with Crippen LogP contribution in [-0.2, 0) is 6.54 Å². The number of rotatable bonds is 5. The highest BCUT2D eigenvalue weighted by Gasteiger charge is 2.07. The van der Waals surface area contributed by atoms with E-state index in [1.54, 1.807) is 6.20 Å². The highest BCUT2D eigenvalue weighted by molar-refractivity contribution is 5.53. The molecule has 106 valence electrons. The number of hydrogen-bond acceptors (Lipinski definition) is 4. The number of aromatic amines is 1. The molecular weight excluding hydrogens is 252 g/mol. The van der Waals surface area contributed by atoms with Crippen LogP contribution in [0, 0.1) is 12.8 Å². The first-order chi connectivity index (χ1) is 9.56. The minimum absolute atomic E-state index is 0.151. The van der Waals surface area contributed by atoms with Gasteiger partial charge >= 0.3 is 0 Å². The van der Waals surface area contributed by atoms with Gasteiger partial charge in [-0.2, -0.15) is 0 Å².